The average Bonchev–Trinajstić information content (AvgIpc) is 3.86. The third-order valence-corrected chi connectivity index (χ3v) is 7.85. The Balaban J connectivity index is -0.000000222. The van der Waals surface area contributed by atoms with Gasteiger partial charge in [-0.05, 0) is 47.2 Å². The van der Waals surface area contributed by atoms with Crippen LogP contribution in [-0.2, 0) is 38.3 Å². The van der Waals surface area contributed by atoms with Gasteiger partial charge in [-0.25, -0.2) is 9.59 Å². The number of carbonyl (C=O) groups is 4. The van der Waals surface area contributed by atoms with Crippen LogP contribution in [0.25, 0.3) is 32.3 Å². The van der Waals surface area contributed by atoms with E-state index in [0.29, 0.717) is 17.2 Å². The maximum atomic E-state index is 11.0. The quantitative estimate of drug-likeness (QED) is 0.0390. The number of carboxylic acid groups (broad SMARTS) is 1. The van der Waals surface area contributed by atoms with Gasteiger partial charge in [0.25, 0.3) is 6.47 Å². The predicted octanol–water partition coefficient (Wildman–Crippen LogP) is -2.85. The molecule has 0 aliphatic carbocycles. The molecule has 0 amide bonds. The Bertz CT molecular complexity index is 2100. The molecule has 62 heavy (non-hydrogen) atoms. The van der Waals surface area contributed by atoms with E-state index in [4.69, 9.17) is 29.4 Å². The van der Waals surface area contributed by atoms with Crippen molar-refractivity contribution in [2.24, 2.45) is 0 Å². The Morgan fingerprint density at radius 1 is 0.677 bits per heavy atom. The minimum Gasteiger partial charge on any atom is -1.00 e. The zero-order chi connectivity index (χ0) is 41.7. The van der Waals surface area contributed by atoms with Gasteiger partial charge < -0.3 is 56.4 Å². The molecule has 0 spiro atoms. The molecule has 6 aromatic rings. The SMILES string of the molecule is C1CCOC1.COC(=O)CBr.COC(=O)COc1cccc2ccccc12.O.O=C(O)COc1cccc2ccccc12.O=CO[O-].Oc1cccc2ccccc12.[H-].[K+].[K+].[Na+].[OH-]. The molecule has 0 bridgehead atoms. The fourth-order valence-electron chi connectivity index (χ4n) is 4.75. The summed E-state index contributed by atoms with van der Waals surface area (Å²) in [6.45, 7) is 1.44. The summed E-state index contributed by atoms with van der Waals surface area (Å²) in [5.74, 6) is 0.0629. The molecule has 0 radical (unpaired) electrons. The Labute approximate surface area is 477 Å². The molecule has 15 nitrogen and oxygen atoms in total. The molecule has 1 fully saturated rings. The topological polar surface area (TPSA) is 249 Å². The van der Waals surface area contributed by atoms with Crippen LogP contribution in [0.1, 0.15) is 14.3 Å². The molecule has 1 saturated heterocycles. The smallest absolute Gasteiger partial charge is 1.00 e. The standard InChI is InChI=1S/C13H12O3.C12H10O3.C10H8O.C4H8O.C3H5BrO2.CH2O3.2K.Na.2H2O.H/c1-15-13(14)9-16-12-8-4-6-10-5-2-3-7-11(10)12;13-12(14)8-15-11-7-3-5-9-4-1-2-6-10(9)11;11-10-7-3-5-8-4-1-2-6-9(8)10;1-2-4-5-3-1;1-6-3(5)2-4;2-1-4-3;;;;;;/h2-8H,9H2,1H3;1-7H,8H2,(H,13,14);1-7,11H;1-4H2;2H2,1H3;1,3H;;;;2*1H2;/q;;;;;;3*+1;;;-1/p-2. The van der Waals surface area contributed by atoms with E-state index in [1.807, 2.05) is 115 Å². The molecule has 6 aromatic carbocycles. The average molecular weight is 986 g/mol. The van der Waals surface area contributed by atoms with Crippen molar-refractivity contribution >= 4 is 72.6 Å². The fourth-order valence-corrected chi connectivity index (χ4v) is 4.98. The van der Waals surface area contributed by atoms with Gasteiger partial charge in [0.05, 0.1) is 14.2 Å². The molecule has 5 N–H and O–H groups in total. The van der Waals surface area contributed by atoms with E-state index in [1.54, 1.807) is 12.1 Å². The normalized spacial score (nSPS) is 9.87. The molecule has 0 saturated carbocycles. The van der Waals surface area contributed by atoms with E-state index in [0.717, 1.165) is 45.5 Å². The number of aromatic hydroxyl groups is 1. The molecule has 320 valence electrons. The number of hydrogen-bond acceptors (Lipinski definition) is 13. The van der Waals surface area contributed by atoms with Crippen LogP contribution in [-0.4, -0.2) is 91.5 Å². The van der Waals surface area contributed by atoms with Crippen molar-refractivity contribution in [2.45, 2.75) is 12.8 Å². The van der Waals surface area contributed by atoms with E-state index in [-0.39, 0.29) is 182 Å². The number of phenolic OH excluding ortho intramolecular Hbond substituents is 1. The van der Waals surface area contributed by atoms with Crippen LogP contribution in [0.2, 0.25) is 0 Å². The Morgan fingerprint density at radius 2 is 1.05 bits per heavy atom. The molecule has 0 unspecified atom stereocenters. The first kappa shape index (κ1) is 66.6. The number of carbonyl (C=O) groups excluding carboxylic acids is 3. The number of phenols is 1. The van der Waals surface area contributed by atoms with Crippen molar-refractivity contribution in [1.29, 1.82) is 0 Å². The first-order valence-electron chi connectivity index (χ1n) is 17.3. The number of rotatable bonds is 8. The molecule has 1 heterocycles. The first-order valence-corrected chi connectivity index (χ1v) is 18.4. The van der Waals surface area contributed by atoms with Gasteiger partial charge in [0.15, 0.2) is 13.2 Å². The van der Waals surface area contributed by atoms with Crippen LogP contribution in [0.4, 0.5) is 0 Å². The number of alkyl halides is 1. The predicted molar refractivity (Wildman–Crippen MR) is 224 cm³/mol. The van der Waals surface area contributed by atoms with E-state index in [9.17, 15) is 19.5 Å². The molecular weight excluding hydrogens is 938 g/mol. The molecule has 1 aliphatic rings. The molecule has 1 aliphatic heterocycles. The third kappa shape index (κ3) is 27.3. The molecule has 19 heteroatoms. The summed E-state index contributed by atoms with van der Waals surface area (Å²) < 4.78 is 24.3. The van der Waals surface area contributed by atoms with Gasteiger partial charge in [0.1, 0.15) is 22.6 Å². The minimum absolute atomic E-state index is 0. The van der Waals surface area contributed by atoms with Crippen molar-refractivity contribution in [3.05, 3.63) is 127 Å². The second-order valence-electron chi connectivity index (χ2n) is 11.2. The van der Waals surface area contributed by atoms with E-state index in [1.165, 1.54) is 27.1 Å². The van der Waals surface area contributed by atoms with Crippen LogP contribution in [0.15, 0.2) is 127 Å². The second kappa shape index (κ2) is 41.7. The van der Waals surface area contributed by atoms with E-state index < -0.39 is 5.97 Å². The maximum Gasteiger partial charge on any atom is 1.00 e. The Morgan fingerprint density at radius 3 is 1.39 bits per heavy atom. The summed E-state index contributed by atoms with van der Waals surface area (Å²) in [6, 6.07) is 40.2. The fraction of sp³-hybridized carbons (Fsp3) is 0.209. The van der Waals surface area contributed by atoms with Crippen LogP contribution in [0.5, 0.6) is 17.2 Å². The summed E-state index contributed by atoms with van der Waals surface area (Å²) >= 11 is 2.90. The maximum absolute atomic E-state index is 11.0. The third-order valence-electron chi connectivity index (χ3n) is 7.39. The number of ether oxygens (including phenoxy) is 5. The zero-order valence-electron chi connectivity index (χ0n) is 36.4. The van der Waals surface area contributed by atoms with Gasteiger partial charge in [-0.1, -0.05) is 125 Å². The van der Waals surface area contributed by atoms with Crippen molar-refractivity contribution in [3.63, 3.8) is 0 Å². The van der Waals surface area contributed by atoms with Crippen LogP contribution < -0.4 is 147 Å². The Hall–Kier alpha value is -2.03. The second-order valence-corrected chi connectivity index (χ2v) is 11.8. The number of aliphatic carboxylic acids is 1. The number of methoxy groups -OCH3 is 2. The van der Waals surface area contributed by atoms with Gasteiger partial charge in [0.2, 0.25) is 0 Å². The van der Waals surface area contributed by atoms with Gasteiger partial charge in [0, 0.05) is 29.4 Å². The number of esters is 2. The number of fused-ring (bicyclic) bond motifs is 3. The molecule has 0 atom stereocenters. The van der Waals surface area contributed by atoms with Crippen molar-refractivity contribution in [1.82, 2.24) is 0 Å². The summed E-state index contributed by atoms with van der Waals surface area (Å²) in [4.78, 5) is 42.5. The number of benzene rings is 6. The number of carboxylic acids is 1. The van der Waals surface area contributed by atoms with Gasteiger partial charge in [-0.2, -0.15) is 0 Å². The molecule has 0 aromatic heterocycles. The molecular formula is C43H48BrK2NaO15. The van der Waals surface area contributed by atoms with Crippen LogP contribution in [0, 0.1) is 0 Å². The number of halogens is 1. The van der Waals surface area contributed by atoms with Gasteiger partial charge >= 0.3 is 150 Å². The summed E-state index contributed by atoms with van der Waals surface area (Å²) in [6.07, 6.45) is 2.56. The number of hydrogen-bond donors (Lipinski definition) is 2. The van der Waals surface area contributed by atoms with E-state index >= 15 is 0 Å². The molecule has 7 rings (SSSR count). The first-order chi connectivity index (χ1) is 27.7. The van der Waals surface area contributed by atoms with Gasteiger partial charge in [-0.3, -0.25) is 9.59 Å². The van der Waals surface area contributed by atoms with Gasteiger partial charge in [-0.15, -0.1) is 0 Å². The monoisotopic (exact) mass is 984 g/mol. The van der Waals surface area contributed by atoms with Crippen LogP contribution >= 0.6 is 15.9 Å². The van der Waals surface area contributed by atoms with Crippen molar-refractivity contribution in [3.8, 4) is 17.2 Å². The van der Waals surface area contributed by atoms with Crippen LogP contribution in [0.3, 0.4) is 0 Å². The Kier molecular flexibility index (Phi) is 44.7. The largest absolute Gasteiger partial charge is 1.00 e. The minimum atomic E-state index is -0.970. The summed E-state index contributed by atoms with van der Waals surface area (Å²) in [7, 11) is 2.69. The van der Waals surface area contributed by atoms with Crippen molar-refractivity contribution in [2.75, 3.05) is 46.0 Å². The summed E-state index contributed by atoms with van der Waals surface area (Å²) in [5.41, 5.74) is 0. The zero-order valence-corrected chi connectivity index (χ0v) is 45.2. The summed E-state index contributed by atoms with van der Waals surface area (Å²) in [5, 5.41) is 32.6. The van der Waals surface area contributed by atoms with E-state index in [2.05, 4.69) is 30.3 Å². The van der Waals surface area contributed by atoms with Crippen molar-refractivity contribution < 1.29 is 208 Å².